The van der Waals surface area contributed by atoms with Crippen molar-refractivity contribution in [2.75, 3.05) is 13.1 Å². The van der Waals surface area contributed by atoms with Crippen LogP contribution in [0.2, 0.25) is 0 Å². The van der Waals surface area contributed by atoms with Crippen LogP contribution in [0.4, 0.5) is 0 Å². The van der Waals surface area contributed by atoms with Crippen molar-refractivity contribution in [2.24, 2.45) is 0 Å². The van der Waals surface area contributed by atoms with E-state index in [1.54, 1.807) is 6.54 Å². The summed E-state index contributed by atoms with van der Waals surface area (Å²) in [4.78, 5) is 0.811. The minimum absolute atomic E-state index is 0.811. The highest BCUT2D eigenvalue weighted by atomic mass is 32.1. The Hall–Kier alpha value is -0.150. The molecule has 39 valence electrons. The van der Waals surface area contributed by atoms with Crippen LogP contribution < -0.4 is 10.6 Å². The van der Waals surface area contributed by atoms with E-state index < -0.39 is 0 Å². The second-order valence-electron chi connectivity index (χ2n) is 1.39. The molecule has 0 unspecified atom stereocenters. The molecule has 0 aliphatic carbocycles. The summed E-state index contributed by atoms with van der Waals surface area (Å²) in [6.45, 7) is 3.74. The molecule has 1 rings (SSSR count). The van der Waals surface area contributed by atoms with E-state index in [0.717, 1.165) is 18.1 Å². The minimum Gasteiger partial charge on any atom is -0.377 e. The summed E-state index contributed by atoms with van der Waals surface area (Å²) in [5, 5.41) is 6.00. The second kappa shape index (κ2) is 2.23. The van der Waals surface area contributed by atoms with Crippen molar-refractivity contribution in [3.63, 3.8) is 0 Å². The van der Waals surface area contributed by atoms with E-state index in [1.165, 1.54) is 0 Å². The van der Waals surface area contributed by atoms with Crippen molar-refractivity contribution < 1.29 is 0 Å². The lowest BCUT2D eigenvalue weighted by Gasteiger charge is -2.13. The van der Waals surface area contributed by atoms with Crippen LogP contribution in [0.25, 0.3) is 0 Å². The molecule has 1 fully saturated rings. The molecule has 2 N–H and O–H groups in total. The summed E-state index contributed by atoms with van der Waals surface area (Å²) in [6.07, 6.45) is 0. The highest BCUT2D eigenvalue weighted by molar-refractivity contribution is 7.80. The van der Waals surface area contributed by atoms with E-state index in [4.69, 9.17) is 12.2 Å². The van der Waals surface area contributed by atoms with Gasteiger partial charge in [-0.2, -0.15) is 0 Å². The van der Waals surface area contributed by atoms with Gasteiger partial charge in [-0.25, -0.2) is 0 Å². The van der Waals surface area contributed by atoms with Gasteiger partial charge in [-0.1, -0.05) is 12.2 Å². The first-order chi connectivity index (χ1) is 3.39. The maximum Gasteiger partial charge on any atom is 0.0946 e. The molecule has 3 heteroatoms. The molecule has 1 aliphatic heterocycles. The third-order valence-electron chi connectivity index (χ3n) is 0.802. The van der Waals surface area contributed by atoms with Gasteiger partial charge in [0.25, 0.3) is 0 Å². The van der Waals surface area contributed by atoms with E-state index in [-0.39, 0.29) is 0 Å². The van der Waals surface area contributed by atoms with Crippen LogP contribution in [0.5, 0.6) is 0 Å². The first kappa shape index (κ1) is 5.00. The smallest absolute Gasteiger partial charge is 0.0946 e. The van der Waals surface area contributed by atoms with Gasteiger partial charge >= 0.3 is 0 Å². The molecule has 0 atom stereocenters. The molecule has 1 heterocycles. The van der Waals surface area contributed by atoms with E-state index >= 15 is 0 Å². The number of rotatable bonds is 0. The number of hydrogen-bond donors (Lipinski definition) is 2. The van der Waals surface area contributed by atoms with E-state index in [1.807, 2.05) is 0 Å². The van der Waals surface area contributed by atoms with E-state index in [9.17, 15) is 0 Å². The standard InChI is InChI=1S/C4H7N2S/c7-4-3-5-1-2-6-4/h3,5H,1-2H2,(H,6,7). The van der Waals surface area contributed by atoms with Crippen LogP contribution in [0, 0.1) is 6.54 Å². The van der Waals surface area contributed by atoms with Gasteiger partial charge in [0.1, 0.15) is 0 Å². The Bertz CT molecular complexity index is 73.8. The van der Waals surface area contributed by atoms with Crippen LogP contribution in [0.3, 0.4) is 0 Å². The molecule has 0 aromatic rings. The van der Waals surface area contributed by atoms with Gasteiger partial charge in [0, 0.05) is 13.1 Å². The van der Waals surface area contributed by atoms with Crippen LogP contribution in [0.1, 0.15) is 0 Å². The van der Waals surface area contributed by atoms with E-state index in [2.05, 4.69) is 10.6 Å². The lowest BCUT2D eigenvalue weighted by Crippen LogP contribution is -2.39. The predicted molar refractivity (Wildman–Crippen MR) is 32.9 cm³/mol. The number of thiocarbonyl (C=S) groups is 1. The van der Waals surface area contributed by atoms with Crippen LogP contribution >= 0.6 is 12.2 Å². The number of hydrogen-bond acceptors (Lipinski definition) is 2. The molecule has 7 heavy (non-hydrogen) atoms. The summed E-state index contributed by atoms with van der Waals surface area (Å²) in [6, 6.07) is 0. The lowest BCUT2D eigenvalue weighted by atomic mass is 10.4. The van der Waals surface area contributed by atoms with Crippen LogP contribution in [0.15, 0.2) is 0 Å². The largest absolute Gasteiger partial charge is 0.377 e. The minimum atomic E-state index is 0.811. The molecule has 2 nitrogen and oxygen atoms in total. The number of piperazine rings is 1. The maximum atomic E-state index is 4.78. The van der Waals surface area contributed by atoms with Crippen molar-refractivity contribution >= 4 is 17.2 Å². The molecule has 0 aromatic heterocycles. The van der Waals surface area contributed by atoms with Gasteiger partial charge < -0.3 is 10.6 Å². The van der Waals surface area contributed by atoms with Crippen molar-refractivity contribution in [1.82, 2.24) is 10.6 Å². The Balaban J connectivity index is 2.25. The molecule has 1 aliphatic rings. The first-order valence-electron chi connectivity index (χ1n) is 2.24. The van der Waals surface area contributed by atoms with Crippen LogP contribution in [-0.2, 0) is 0 Å². The molecule has 0 aromatic carbocycles. The maximum absolute atomic E-state index is 4.78. The van der Waals surface area contributed by atoms with Gasteiger partial charge in [-0.15, -0.1) is 0 Å². The second-order valence-corrected chi connectivity index (χ2v) is 1.83. The Labute approximate surface area is 48.3 Å². The van der Waals surface area contributed by atoms with Crippen LogP contribution in [-0.4, -0.2) is 18.1 Å². The Morgan fingerprint density at radius 1 is 1.57 bits per heavy atom. The Morgan fingerprint density at radius 2 is 2.43 bits per heavy atom. The topological polar surface area (TPSA) is 24.1 Å². The lowest BCUT2D eigenvalue weighted by molar-refractivity contribution is 0.731. The fraction of sp³-hybridized carbons (Fsp3) is 0.500. The average Bonchev–Trinajstić information content (AvgIpc) is 1.69. The first-order valence-corrected chi connectivity index (χ1v) is 2.65. The van der Waals surface area contributed by atoms with Gasteiger partial charge in [0.05, 0.1) is 11.5 Å². The molecule has 0 spiro atoms. The number of nitrogens with one attached hydrogen (secondary N) is 2. The van der Waals surface area contributed by atoms with Crippen molar-refractivity contribution in [3.05, 3.63) is 6.54 Å². The zero-order valence-electron chi connectivity index (χ0n) is 3.90. The molecule has 0 saturated carbocycles. The third kappa shape index (κ3) is 1.41. The Kier molecular flexibility index (Phi) is 1.59. The Morgan fingerprint density at radius 3 is 2.71 bits per heavy atom. The average molecular weight is 115 g/mol. The van der Waals surface area contributed by atoms with Crippen molar-refractivity contribution in [1.29, 1.82) is 0 Å². The molecular weight excluding hydrogens is 108 g/mol. The molecule has 1 radical (unpaired) electrons. The zero-order valence-corrected chi connectivity index (χ0v) is 4.72. The molecule has 1 saturated heterocycles. The summed E-state index contributed by atoms with van der Waals surface area (Å²) in [7, 11) is 0. The summed E-state index contributed by atoms with van der Waals surface area (Å²) in [5.74, 6) is 0. The normalized spacial score (nSPS) is 21.4. The molecule has 0 bridgehead atoms. The SMILES string of the molecule is S=C1[CH]NCCN1. The third-order valence-corrected chi connectivity index (χ3v) is 1.06. The van der Waals surface area contributed by atoms with Gasteiger partial charge in [-0.05, 0) is 0 Å². The molecular formula is C4H7N2S. The highest BCUT2D eigenvalue weighted by Crippen LogP contribution is 1.79. The highest BCUT2D eigenvalue weighted by Gasteiger charge is 1.99. The van der Waals surface area contributed by atoms with E-state index in [0.29, 0.717) is 0 Å². The zero-order chi connectivity index (χ0) is 5.11. The van der Waals surface area contributed by atoms with Crippen molar-refractivity contribution in [3.8, 4) is 0 Å². The van der Waals surface area contributed by atoms with Gasteiger partial charge in [0.2, 0.25) is 0 Å². The molecule has 0 amide bonds. The van der Waals surface area contributed by atoms with Gasteiger partial charge in [-0.3, -0.25) is 0 Å². The van der Waals surface area contributed by atoms with Crippen molar-refractivity contribution in [2.45, 2.75) is 0 Å². The summed E-state index contributed by atoms with van der Waals surface area (Å²) >= 11 is 4.78. The fourth-order valence-corrected chi connectivity index (χ4v) is 0.659. The predicted octanol–water partition coefficient (Wildman–Crippen LogP) is -0.332. The van der Waals surface area contributed by atoms with Gasteiger partial charge in [0.15, 0.2) is 0 Å². The quantitative estimate of drug-likeness (QED) is 0.423. The summed E-state index contributed by atoms with van der Waals surface area (Å²) in [5.41, 5.74) is 0. The monoisotopic (exact) mass is 115 g/mol. The summed E-state index contributed by atoms with van der Waals surface area (Å²) < 4.78 is 0. The fourth-order valence-electron chi connectivity index (χ4n) is 0.474.